The van der Waals surface area contributed by atoms with Crippen molar-refractivity contribution in [2.24, 2.45) is 0 Å². The topological polar surface area (TPSA) is 76.9 Å². The lowest BCUT2D eigenvalue weighted by molar-refractivity contribution is 0.146. The van der Waals surface area contributed by atoms with Gasteiger partial charge >= 0.3 is 0 Å². The highest BCUT2D eigenvalue weighted by atomic mass is 19.3. The van der Waals surface area contributed by atoms with E-state index in [2.05, 4.69) is 20.6 Å². The van der Waals surface area contributed by atoms with Crippen LogP contribution >= 0.6 is 0 Å². The molecule has 180 valence electrons. The zero-order chi connectivity index (χ0) is 24.5. The van der Waals surface area contributed by atoms with Crippen LogP contribution in [0.5, 0.6) is 5.75 Å². The number of hydrogen-bond acceptors (Lipinski definition) is 6. The second kappa shape index (κ2) is 9.28. The molecule has 1 unspecified atom stereocenters. The minimum atomic E-state index is -2.65. The summed E-state index contributed by atoms with van der Waals surface area (Å²) in [7, 11) is 3.32. The van der Waals surface area contributed by atoms with Crippen LogP contribution in [0, 0.1) is 5.82 Å². The molecule has 2 heterocycles. The summed E-state index contributed by atoms with van der Waals surface area (Å²) in [6.07, 6.45) is 1.63. The average Bonchev–Trinajstić information content (AvgIpc) is 3.52. The maximum Gasteiger partial charge on any atom is 0.281 e. The van der Waals surface area contributed by atoms with E-state index in [9.17, 15) is 13.2 Å². The van der Waals surface area contributed by atoms with E-state index in [1.54, 1.807) is 30.3 Å². The van der Waals surface area contributed by atoms with Crippen molar-refractivity contribution in [3.63, 3.8) is 0 Å². The zero-order valence-electron chi connectivity index (χ0n) is 19.1. The highest BCUT2D eigenvalue weighted by molar-refractivity contribution is 5.64. The van der Waals surface area contributed by atoms with Gasteiger partial charge in [0.2, 0.25) is 5.95 Å². The fourth-order valence-corrected chi connectivity index (χ4v) is 4.42. The molecule has 1 aliphatic rings. The number of rotatable bonds is 7. The second-order valence-corrected chi connectivity index (χ2v) is 8.17. The first-order chi connectivity index (χ1) is 17.0. The molecule has 10 heteroatoms. The Hall–Kier alpha value is -4.08. The third-order valence-electron chi connectivity index (χ3n) is 6.10. The van der Waals surface area contributed by atoms with Gasteiger partial charge in [-0.15, -0.1) is 0 Å². The molecule has 0 bridgehead atoms. The summed E-state index contributed by atoms with van der Waals surface area (Å²) in [5.74, 6) is 1.38. The maximum atomic E-state index is 13.4. The molecule has 4 aromatic rings. The summed E-state index contributed by atoms with van der Waals surface area (Å²) in [6, 6.07) is 11.8. The fraction of sp³-hybridized carbons (Fsp3) is 0.240. The van der Waals surface area contributed by atoms with E-state index >= 15 is 0 Å². The van der Waals surface area contributed by atoms with Crippen LogP contribution in [0.1, 0.15) is 41.3 Å². The van der Waals surface area contributed by atoms with Gasteiger partial charge in [-0.25, -0.2) is 23.1 Å². The Balaban J connectivity index is 1.46. The van der Waals surface area contributed by atoms with Crippen molar-refractivity contribution in [1.82, 2.24) is 19.5 Å². The lowest BCUT2D eigenvalue weighted by Gasteiger charge is -2.16. The van der Waals surface area contributed by atoms with Gasteiger partial charge in [-0.05, 0) is 42.7 Å². The normalized spacial score (nSPS) is 14.7. The summed E-state index contributed by atoms with van der Waals surface area (Å²) in [6.45, 7) is 0. The molecule has 5 rings (SSSR count). The number of anilines is 3. The van der Waals surface area contributed by atoms with Crippen LogP contribution in [-0.4, -0.2) is 33.7 Å². The van der Waals surface area contributed by atoms with Gasteiger partial charge in [0.05, 0.1) is 24.8 Å². The Morgan fingerprint density at radius 2 is 1.91 bits per heavy atom. The predicted molar refractivity (Wildman–Crippen MR) is 126 cm³/mol. The van der Waals surface area contributed by atoms with Crippen LogP contribution in [-0.2, 0) is 6.42 Å². The van der Waals surface area contributed by atoms with Gasteiger partial charge in [0.1, 0.15) is 23.1 Å². The molecule has 1 atom stereocenters. The van der Waals surface area contributed by atoms with E-state index in [4.69, 9.17) is 9.72 Å². The summed E-state index contributed by atoms with van der Waals surface area (Å²) in [4.78, 5) is 13.2. The van der Waals surface area contributed by atoms with Crippen molar-refractivity contribution in [2.45, 2.75) is 25.2 Å². The quantitative estimate of drug-likeness (QED) is 0.358. The van der Waals surface area contributed by atoms with Gasteiger partial charge < -0.3 is 19.9 Å². The lowest BCUT2D eigenvalue weighted by Crippen LogP contribution is -2.08. The molecule has 2 aromatic heterocycles. The first-order valence-corrected chi connectivity index (χ1v) is 11.1. The van der Waals surface area contributed by atoms with Gasteiger partial charge in [0.25, 0.3) is 6.43 Å². The molecule has 7 nitrogen and oxygen atoms in total. The summed E-state index contributed by atoms with van der Waals surface area (Å²) < 4.78 is 46.3. The zero-order valence-corrected chi connectivity index (χ0v) is 19.1. The number of ether oxygens (including phenoxy) is 1. The molecule has 35 heavy (non-hydrogen) atoms. The highest BCUT2D eigenvalue weighted by Gasteiger charge is 2.29. The molecular formula is C25H23F3N6O. The molecule has 2 aromatic carbocycles. The number of halogens is 3. The summed E-state index contributed by atoms with van der Waals surface area (Å²) in [5, 5.41) is 6.37. The molecule has 0 fully saturated rings. The van der Waals surface area contributed by atoms with E-state index in [0.717, 1.165) is 35.5 Å². The van der Waals surface area contributed by atoms with Crippen LogP contribution in [0.4, 0.5) is 30.6 Å². The molecular weight excluding hydrogens is 457 g/mol. The smallest absolute Gasteiger partial charge is 0.281 e. The number of nitrogens with zero attached hydrogens (tertiary/aromatic N) is 4. The van der Waals surface area contributed by atoms with E-state index in [1.807, 2.05) is 7.05 Å². The number of fused-ring (bicyclic) bond motifs is 1. The van der Waals surface area contributed by atoms with Crippen LogP contribution in [0.25, 0.3) is 5.69 Å². The molecule has 0 aliphatic heterocycles. The molecule has 0 saturated carbocycles. The van der Waals surface area contributed by atoms with Crippen LogP contribution in [0.2, 0.25) is 0 Å². The number of nitrogens with one attached hydrogen (secondary N) is 2. The van der Waals surface area contributed by atoms with Crippen molar-refractivity contribution in [1.29, 1.82) is 0 Å². The van der Waals surface area contributed by atoms with Crippen molar-refractivity contribution < 1.29 is 17.9 Å². The minimum Gasteiger partial charge on any atom is -0.494 e. The Morgan fingerprint density at radius 3 is 2.60 bits per heavy atom. The van der Waals surface area contributed by atoms with Crippen molar-refractivity contribution in [3.8, 4) is 11.4 Å². The maximum absolute atomic E-state index is 13.4. The minimum absolute atomic E-state index is 0.0448. The Bertz CT molecular complexity index is 1360. The van der Waals surface area contributed by atoms with E-state index in [1.165, 1.54) is 36.3 Å². The lowest BCUT2D eigenvalue weighted by atomic mass is 9.97. The van der Waals surface area contributed by atoms with Crippen molar-refractivity contribution in [2.75, 3.05) is 24.8 Å². The first-order valence-electron chi connectivity index (χ1n) is 11.1. The van der Waals surface area contributed by atoms with Crippen LogP contribution < -0.4 is 15.4 Å². The van der Waals surface area contributed by atoms with Crippen molar-refractivity contribution >= 4 is 17.5 Å². The van der Waals surface area contributed by atoms with Gasteiger partial charge in [-0.3, -0.25) is 0 Å². The van der Waals surface area contributed by atoms with Crippen molar-refractivity contribution in [3.05, 3.63) is 83.3 Å². The number of methoxy groups -OCH3 is 1. The number of hydrogen-bond donors (Lipinski definition) is 2. The van der Waals surface area contributed by atoms with Crippen LogP contribution in [0.3, 0.4) is 0 Å². The molecule has 1 aliphatic carbocycles. The van der Waals surface area contributed by atoms with Gasteiger partial charge in [0.15, 0.2) is 0 Å². The molecule has 0 amide bonds. The number of aromatic nitrogens is 4. The molecule has 2 N–H and O–H groups in total. The van der Waals surface area contributed by atoms with Gasteiger partial charge in [-0.2, -0.15) is 4.98 Å². The van der Waals surface area contributed by atoms with Crippen LogP contribution in [0.15, 0.2) is 55.0 Å². The molecule has 0 radical (unpaired) electrons. The van der Waals surface area contributed by atoms with Gasteiger partial charge in [-0.1, -0.05) is 12.1 Å². The number of benzene rings is 2. The summed E-state index contributed by atoms with van der Waals surface area (Å²) >= 11 is 0. The monoisotopic (exact) mass is 480 g/mol. The average molecular weight is 480 g/mol. The Morgan fingerprint density at radius 1 is 1.11 bits per heavy atom. The third kappa shape index (κ3) is 4.39. The van der Waals surface area contributed by atoms with E-state index in [-0.39, 0.29) is 17.4 Å². The first kappa shape index (κ1) is 22.7. The number of imidazole rings is 1. The standard InChI is InChI=1S/C25H23F3N6O/c1-29-24-18-9-8-17(14-3-5-15(26)6-4-14)22(18)32-25(33-24)31-16-7-10-20(21(11-16)35-2)34-12-19(23(27)28)30-13-34/h3-7,10-13,17,23H,8-9H2,1-2H3,(H2,29,31,32,33). The number of alkyl halides is 2. The van der Waals surface area contributed by atoms with E-state index < -0.39 is 6.43 Å². The molecule has 0 saturated heterocycles. The third-order valence-corrected chi connectivity index (χ3v) is 6.10. The molecule has 0 spiro atoms. The van der Waals surface area contributed by atoms with E-state index in [0.29, 0.717) is 23.1 Å². The second-order valence-electron chi connectivity index (χ2n) is 8.17. The summed E-state index contributed by atoms with van der Waals surface area (Å²) in [5.41, 5.74) is 3.88. The Labute approximate surface area is 200 Å². The largest absolute Gasteiger partial charge is 0.494 e. The van der Waals surface area contributed by atoms with Gasteiger partial charge in [0, 0.05) is 36.5 Å². The predicted octanol–water partition coefficient (Wildman–Crippen LogP) is 5.61. The SMILES string of the molecule is CNc1nc(Nc2ccc(-n3cnc(C(F)F)c3)c(OC)c2)nc2c1CCC2c1ccc(F)cc1. The highest BCUT2D eigenvalue weighted by Crippen LogP contribution is 2.40. The Kier molecular flexibility index (Phi) is 6.02. The fourth-order valence-electron chi connectivity index (χ4n) is 4.42.